The minimum atomic E-state index is -0.856. The summed E-state index contributed by atoms with van der Waals surface area (Å²) in [7, 11) is 0. The number of hydrogen-bond acceptors (Lipinski definition) is 4. The minimum Gasteiger partial charge on any atom is -0.494 e. The van der Waals surface area contributed by atoms with Crippen molar-refractivity contribution in [1.29, 1.82) is 0 Å². The molecule has 0 aliphatic carbocycles. The Bertz CT molecular complexity index is 322. The normalized spacial score (nSPS) is 14.1. The molecule has 3 N–H and O–H groups in total. The van der Waals surface area contributed by atoms with Crippen LogP contribution in [0.2, 0.25) is 0 Å². The van der Waals surface area contributed by atoms with E-state index in [0.717, 1.165) is 11.5 Å². The van der Waals surface area contributed by atoms with Crippen molar-refractivity contribution in [1.82, 2.24) is 0 Å². The molecule has 4 heteroatoms. The predicted octanol–water partition coefficient (Wildman–Crippen LogP) is 1.56. The van der Waals surface area contributed by atoms with Gasteiger partial charge in [0.05, 0.1) is 18.8 Å². The summed E-state index contributed by atoms with van der Waals surface area (Å²) in [5.41, 5.74) is 4.56. The van der Waals surface area contributed by atoms with Crippen molar-refractivity contribution in [2.24, 2.45) is 5.73 Å². The third-order valence-corrected chi connectivity index (χ3v) is 2.48. The van der Waals surface area contributed by atoms with Crippen LogP contribution in [-0.2, 0) is 0 Å². The highest BCUT2D eigenvalue weighted by molar-refractivity contribution is 5.31. The van der Waals surface area contributed by atoms with Crippen LogP contribution < -0.4 is 15.2 Å². The van der Waals surface area contributed by atoms with Gasteiger partial charge in [-0.15, -0.1) is 0 Å². The number of aliphatic hydroxyl groups is 1. The van der Waals surface area contributed by atoms with Crippen LogP contribution in [0.15, 0.2) is 24.3 Å². The van der Waals surface area contributed by atoms with Crippen LogP contribution in [0.1, 0.15) is 20.3 Å². The van der Waals surface area contributed by atoms with E-state index in [0.29, 0.717) is 19.6 Å². The summed E-state index contributed by atoms with van der Waals surface area (Å²) in [5, 5.41) is 9.69. The monoisotopic (exact) mass is 239 g/mol. The third-order valence-electron chi connectivity index (χ3n) is 2.48. The van der Waals surface area contributed by atoms with Gasteiger partial charge in [-0.1, -0.05) is 0 Å². The Labute approximate surface area is 102 Å². The lowest BCUT2D eigenvalue weighted by Crippen LogP contribution is -2.35. The molecule has 0 spiro atoms. The molecular formula is C13H21NO3. The first-order valence-corrected chi connectivity index (χ1v) is 5.85. The Morgan fingerprint density at radius 3 is 2.18 bits per heavy atom. The quantitative estimate of drug-likeness (QED) is 0.758. The summed E-state index contributed by atoms with van der Waals surface area (Å²) in [6, 6.07) is 7.42. The van der Waals surface area contributed by atoms with Crippen molar-refractivity contribution >= 4 is 0 Å². The van der Waals surface area contributed by atoms with Gasteiger partial charge >= 0.3 is 0 Å². The summed E-state index contributed by atoms with van der Waals surface area (Å²) < 4.78 is 10.8. The molecule has 1 rings (SSSR count). The number of ether oxygens (including phenoxy) is 2. The Balaban J connectivity index is 2.37. The summed E-state index contributed by atoms with van der Waals surface area (Å²) in [6.45, 7) is 4.98. The highest BCUT2D eigenvalue weighted by Gasteiger charge is 2.17. The largest absolute Gasteiger partial charge is 0.494 e. The van der Waals surface area contributed by atoms with E-state index in [1.807, 2.05) is 31.2 Å². The molecule has 0 heterocycles. The van der Waals surface area contributed by atoms with Crippen LogP contribution in [0.3, 0.4) is 0 Å². The zero-order chi connectivity index (χ0) is 12.7. The van der Waals surface area contributed by atoms with Gasteiger partial charge in [0.1, 0.15) is 11.5 Å². The average Bonchev–Trinajstić information content (AvgIpc) is 2.32. The lowest BCUT2D eigenvalue weighted by Gasteiger charge is -2.20. The van der Waals surface area contributed by atoms with E-state index >= 15 is 0 Å². The molecule has 4 nitrogen and oxygen atoms in total. The second-order valence-electron chi connectivity index (χ2n) is 4.20. The lowest BCUT2D eigenvalue weighted by molar-refractivity contribution is 0.0453. The number of nitrogens with two attached hydrogens (primary N) is 1. The summed E-state index contributed by atoms with van der Waals surface area (Å²) in [4.78, 5) is 0. The van der Waals surface area contributed by atoms with Gasteiger partial charge in [0, 0.05) is 13.0 Å². The zero-order valence-electron chi connectivity index (χ0n) is 10.5. The topological polar surface area (TPSA) is 64.7 Å². The Morgan fingerprint density at radius 2 is 1.71 bits per heavy atom. The first kappa shape index (κ1) is 13.8. The first-order chi connectivity index (χ1) is 8.07. The number of hydrogen-bond donors (Lipinski definition) is 2. The zero-order valence-corrected chi connectivity index (χ0v) is 10.5. The minimum absolute atomic E-state index is 0.236. The second-order valence-corrected chi connectivity index (χ2v) is 4.20. The van der Waals surface area contributed by atoms with Gasteiger partial charge in [-0.25, -0.2) is 0 Å². The molecule has 0 saturated carbocycles. The van der Waals surface area contributed by atoms with Gasteiger partial charge < -0.3 is 20.3 Å². The van der Waals surface area contributed by atoms with Crippen molar-refractivity contribution < 1.29 is 14.6 Å². The molecule has 0 aromatic heterocycles. The summed E-state index contributed by atoms with van der Waals surface area (Å²) in [6.07, 6.45) is 0.511. The maximum Gasteiger partial charge on any atom is 0.119 e. The fraction of sp³-hybridized carbons (Fsp3) is 0.538. The molecule has 0 saturated heterocycles. The van der Waals surface area contributed by atoms with E-state index in [4.69, 9.17) is 15.2 Å². The van der Waals surface area contributed by atoms with E-state index in [2.05, 4.69) is 0 Å². The highest BCUT2D eigenvalue weighted by atomic mass is 16.5. The van der Waals surface area contributed by atoms with Crippen molar-refractivity contribution in [2.75, 3.05) is 19.8 Å². The number of benzene rings is 1. The molecule has 1 aromatic rings. The maximum absolute atomic E-state index is 9.69. The van der Waals surface area contributed by atoms with E-state index in [-0.39, 0.29) is 6.54 Å². The Kier molecular flexibility index (Phi) is 5.25. The fourth-order valence-corrected chi connectivity index (χ4v) is 1.29. The molecule has 1 aromatic carbocycles. The van der Waals surface area contributed by atoms with Crippen molar-refractivity contribution in [2.45, 2.75) is 25.9 Å². The molecule has 17 heavy (non-hydrogen) atoms. The molecule has 0 fully saturated rings. The van der Waals surface area contributed by atoms with Crippen molar-refractivity contribution in [3.05, 3.63) is 24.3 Å². The van der Waals surface area contributed by atoms with Gasteiger partial charge in [-0.2, -0.15) is 0 Å². The molecule has 0 bridgehead atoms. The molecule has 0 aliphatic heterocycles. The standard InChI is InChI=1S/C13H21NO3/c1-3-16-11-4-6-12(7-5-11)17-9-8-13(2,15)10-14/h4-7,15H,3,8-10,14H2,1-2H3. The molecule has 0 amide bonds. The molecular weight excluding hydrogens is 218 g/mol. The predicted molar refractivity (Wildman–Crippen MR) is 67.4 cm³/mol. The lowest BCUT2D eigenvalue weighted by atomic mass is 10.0. The van der Waals surface area contributed by atoms with Gasteiger partial charge in [0.2, 0.25) is 0 Å². The SMILES string of the molecule is CCOc1ccc(OCCC(C)(O)CN)cc1. The van der Waals surface area contributed by atoms with Gasteiger partial charge in [-0.3, -0.25) is 0 Å². The fourth-order valence-electron chi connectivity index (χ4n) is 1.29. The van der Waals surface area contributed by atoms with Crippen LogP contribution in [-0.4, -0.2) is 30.5 Å². The number of rotatable bonds is 7. The van der Waals surface area contributed by atoms with E-state index in [9.17, 15) is 5.11 Å². The third kappa shape index (κ3) is 5.06. The van der Waals surface area contributed by atoms with Crippen LogP contribution in [0.5, 0.6) is 11.5 Å². The van der Waals surface area contributed by atoms with E-state index in [1.54, 1.807) is 6.92 Å². The van der Waals surface area contributed by atoms with E-state index < -0.39 is 5.60 Å². The molecule has 0 aliphatic rings. The Hall–Kier alpha value is -1.26. The Morgan fingerprint density at radius 1 is 1.18 bits per heavy atom. The van der Waals surface area contributed by atoms with Crippen molar-refractivity contribution in [3.63, 3.8) is 0 Å². The van der Waals surface area contributed by atoms with Crippen LogP contribution in [0.25, 0.3) is 0 Å². The van der Waals surface area contributed by atoms with Crippen LogP contribution in [0.4, 0.5) is 0 Å². The summed E-state index contributed by atoms with van der Waals surface area (Å²) in [5.74, 6) is 1.59. The van der Waals surface area contributed by atoms with Gasteiger partial charge in [0.25, 0.3) is 0 Å². The summed E-state index contributed by atoms with van der Waals surface area (Å²) >= 11 is 0. The first-order valence-electron chi connectivity index (χ1n) is 5.85. The molecule has 0 radical (unpaired) electrons. The average molecular weight is 239 g/mol. The highest BCUT2D eigenvalue weighted by Crippen LogP contribution is 2.18. The second kappa shape index (κ2) is 6.47. The van der Waals surface area contributed by atoms with Gasteiger partial charge in [-0.05, 0) is 38.1 Å². The smallest absolute Gasteiger partial charge is 0.119 e. The van der Waals surface area contributed by atoms with Crippen LogP contribution >= 0.6 is 0 Å². The molecule has 1 atom stereocenters. The van der Waals surface area contributed by atoms with Gasteiger partial charge in [0.15, 0.2) is 0 Å². The van der Waals surface area contributed by atoms with E-state index in [1.165, 1.54) is 0 Å². The molecule has 96 valence electrons. The van der Waals surface area contributed by atoms with Crippen molar-refractivity contribution in [3.8, 4) is 11.5 Å². The molecule has 1 unspecified atom stereocenters. The van der Waals surface area contributed by atoms with Crippen LogP contribution in [0, 0.1) is 0 Å². The maximum atomic E-state index is 9.69.